The zero-order valence-electron chi connectivity index (χ0n) is 27.2. The van der Waals surface area contributed by atoms with Crippen LogP contribution in [0, 0.1) is 17.8 Å². The Morgan fingerprint density at radius 3 is 2.56 bits per heavy atom. The van der Waals surface area contributed by atoms with Crippen LogP contribution in [-0.4, -0.2) is 117 Å². The van der Waals surface area contributed by atoms with Crippen molar-refractivity contribution in [3.05, 3.63) is 59.6 Å². The Labute approximate surface area is 292 Å². The van der Waals surface area contributed by atoms with Crippen molar-refractivity contribution in [2.75, 3.05) is 57.4 Å². The van der Waals surface area contributed by atoms with Gasteiger partial charge in [-0.2, -0.15) is 19.0 Å². The van der Waals surface area contributed by atoms with Crippen LogP contribution in [0.4, 0.5) is 14.5 Å². The molecule has 1 N–H and O–H groups in total. The molecule has 2 unspecified atom stereocenters. The van der Waals surface area contributed by atoms with Gasteiger partial charge >= 0.3 is 6.61 Å². The molecule has 3 aliphatic heterocycles. The predicted molar refractivity (Wildman–Crippen MR) is 179 cm³/mol. The van der Waals surface area contributed by atoms with Gasteiger partial charge < -0.3 is 19.9 Å². The molecular formula is C32H36ClF2N9O5S. The minimum absolute atomic E-state index is 0.0880. The monoisotopic (exact) mass is 731 g/mol. The van der Waals surface area contributed by atoms with Gasteiger partial charge in [0.25, 0.3) is 5.91 Å². The SMILES string of the molecule is CS(=O)(=O)N1CCC(CN2CC3CN(C(=O)Cn4cc(NC(=O)c5cnn6cccnc56)c(-c5cc(Cl)ccc5OC(F)F)n4)CC3C2)CC1. The summed E-state index contributed by atoms with van der Waals surface area (Å²) >= 11 is 6.25. The molecule has 0 aliphatic carbocycles. The Kier molecular flexibility index (Phi) is 9.49. The van der Waals surface area contributed by atoms with Gasteiger partial charge in [-0.1, -0.05) is 11.6 Å². The molecule has 0 radical (unpaired) electrons. The van der Waals surface area contributed by atoms with Gasteiger partial charge in [-0.25, -0.2) is 22.2 Å². The Morgan fingerprint density at radius 2 is 1.86 bits per heavy atom. The standard InChI is InChI=1S/C32H36ClF2N9O5S/c1-50(47,48)43-9-5-20(6-10-43)13-40-14-21-16-41(17-22(21)15-40)28(45)19-42-18-26(38-31(46)25-12-37-44-8-2-7-36-30(25)44)29(39-42)24-11-23(33)3-4-27(24)49-32(34)35/h2-4,7-8,11-12,18,20-22,32H,5-6,9-10,13-17,19H2,1H3,(H,38,46). The van der Waals surface area contributed by atoms with Gasteiger partial charge in [-0.15, -0.1) is 0 Å². The van der Waals surface area contributed by atoms with Crippen LogP contribution in [0.5, 0.6) is 5.75 Å². The number of benzene rings is 1. The molecule has 2 atom stereocenters. The van der Waals surface area contributed by atoms with Crippen molar-refractivity contribution in [2.45, 2.75) is 26.0 Å². The number of amides is 2. The molecule has 4 aromatic rings. The smallest absolute Gasteiger partial charge is 0.387 e. The summed E-state index contributed by atoms with van der Waals surface area (Å²) in [7, 11) is -3.16. The minimum Gasteiger partial charge on any atom is -0.434 e. The molecule has 3 fully saturated rings. The van der Waals surface area contributed by atoms with Gasteiger partial charge in [0.2, 0.25) is 15.9 Å². The van der Waals surface area contributed by atoms with E-state index >= 15 is 0 Å². The zero-order chi connectivity index (χ0) is 35.2. The third-order valence-corrected chi connectivity index (χ3v) is 11.3. The molecule has 3 aromatic heterocycles. The number of alkyl halides is 2. The van der Waals surface area contributed by atoms with Crippen LogP contribution >= 0.6 is 11.6 Å². The van der Waals surface area contributed by atoms with E-state index in [0.29, 0.717) is 49.6 Å². The van der Waals surface area contributed by atoms with Crippen molar-refractivity contribution in [1.29, 1.82) is 0 Å². The van der Waals surface area contributed by atoms with Crippen LogP contribution in [0.2, 0.25) is 5.02 Å². The number of fused-ring (bicyclic) bond motifs is 2. The second-order valence-electron chi connectivity index (χ2n) is 13.2. The number of likely N-dealkylation sites (tertiary alicyclic amines) is 2. The Bertz CT molecular complexity index is 2000. The summed E-state index contributed by atoms with van der Waals surface area (Å²) in [5.74, 6) is 0.182. The lowest BCUT2D eigenvalue weighted by Gasteiger charge is -2.33. The summed E-state index contributed by atoms with van der Waals surface area (Å²) in [5.41, 5.74) is 0.831. The fraction of sp³-hybridized carbons (Fsp3) is 0.469. The largest absolute Gasteiger partial charge is 0.434 e. The number of anilines is 1. The van der Waals surface area contributed by atoms with Crippen molar-refractivity contribution >= 4 is 44.8 Å². The highest BCUT2D eigenvalue weighted by molar-refractivity contribution is 7.88. The van der Waals surface area contributed by atoms with Crippen molar-refractivity contribution in [2.24, 2.45) is 17.8 Å². The van der Waals surface area contributed by atoms with Crippen LogP contribution in [-0.2, 0) is 21.4 Å². The maximum absolute atomic E-state index is 13.6. The second kappa shape index (κ2) is 13.8. The van der Waals surface area contributed by atoms with E-state index in [0.717, 1.165) is 32.5 Å². The average molecular weight is 732 g/mol. The zero-order valence-corrected chi connectivity index (χ0v) is 28.7. The number of rotatable bonds is 10. The van der Waals surface area contributed by atoms with E-state index < -0.39 is 22.5 Å². The van der Waals surface area contributed by atoms with E-state index in [1.807, 2.05) is 4.90 Å². The van der Waals surface area contributed by atoms with Crippen LogP contribution in [0.25, 0.3) is 16.9 Å². The number of piperidine rings is 1. The van der Waals surface area contributed by atoms with Crippen molar-refractivity contribution in [3.8, 4) is 17.0 Å². The third kappa shape index (κ3) is 7.31. The molecule has 7 rings (SSSR count). The van der Waals surface area contributed by atoms with Crippen LogP contribution < -0.4 is 10.1 Å². The lowest BCUT2D eigenvalue weighted by molar-refractivity contribution is -0.131. The summed E-state index contributed by atoms with van der Waals surface area (Å²) in [6, 6.07) is 5.77. The topological polar surface area (TPSA) is 147 Å². The number of nitrogens with one attached hydrogen (secondary N) is 1. The average Bonchev–Trinajstić information content (AvgIpc) is 3.84. The molecule has 6 heterocycles. The Balaban J connectivity index is 1.04. The third-order valence-electron chi connectivity index (χ3n) is 9.72. The lowest BCUT2D eigenvalue weighted by atomic mass is 9.97. The van der Waals surface area contributed by atoms with Crippen LogP contribution in [0.15, 0.2) is 49.1 Å². The lowest BCUT2D eigenvalue weighted by Crippen LogP contribution is -2.41. The maximum Gasteiger partial charge on any atom is 0.387 e. The quantitative estimate of drug-likeness (QED) is 0.260. The number of aromatic nitrogens is 5. The van der Waals surface area contributed by atoms with E-state index in [9.17, 15) is 26.8 Å². The summed E-state index contributed by atoms with van der Waals surface area (Å²) in [4.78, 5) is 35.5. The van der Waals surface area contributed by atoms with Crippen LogP contribution in [0.3, 0.4) is 0 Å². The van der Waals surface area contributed by atoms with Gasteiger partial charge in [0, 0.05) is 75.0 Å². The van der Waals surface area contributed by atoms with Crippen molar-refractivity contribution in [1.82, 2.24) is 38.5 Å². The normalized spacial score (nSPS) is 20.5. The van der Waals surface area contributed by atoms with Gasteiger partial charge in [0.05, 0.1) is 18.1 Å². The minimum atomic E-state index is -3.16. The second-order valence-corrected chi connectivity index (χ2v) is 15.6. The molecule has 266 valence electrons. The molecule has 0 saturated carbocycles. The molecule has 3 saturated heterocycles. The molecule has 14 nitrogen and oxygen atoms in total. The highest BCUT2D eigenvalue weighted by atomic mass is 35.5. The number of sulfonamides is 1. The summed E-state index contributed by atoms with van der Waals surface area (Å²) in [6.07, 6.45) is 8.96. The predicted octanol–water partition coefficient (Wildman–Crippen LogP) is 3.16. The number of ether oxygens (including phenoxy) is 1. The number of nitrogens with zero attached hydrogens (tertiary/aromatic N) is 8. The number of carbonyl (C=O) groups is 2. The first-order valence-electron chi connectivity index (χ1n) is 16.3. The summed E-state index contributed by atoms with van der Waals surface area (Å²) in [5, 5.41) is 11.7. The molecule has 0 bridgehead atoms. The van der Waals surface area contributed by atoms with E-state index in [1.54, 1.807) is 16.6 Å². The van der Waals surface area contributed by atoms with Crippen molar-refractivity contribution < 1.29 is 31.5 Å². The highest BCUT2D eigenvalue weighted by Crippen LogP contribution is 2.38. The van der Waals surface area contributed by atoms with Crippen molar-refractivity contribution in [3.63, 3.8) is 0 Å². The van der Waals surface area contributed by atoms with Crippen LogP contribution in [0.1, 0.15) is 23.2 Å². The number of halogens is 3. The first-order chi connectivity index (χ1) is 23.9. The molecule has 0 spiro atoms. The summed E-state index contributed by atoms with van der Waals surface area (Å²) in [6.45, 7) is 1.74. The van der Waals surface area contributed by atoms with E-state index in [1.165, 1.54) is 52.2 Å². The summed E-state index contributed by atoms with van der Waals surface area (Å²) < 4.78 is 59.6. The van der Waals surface area contributed by atoms with Gasteiger partial charge in [0.15, 0.2) is 5.65 Å². The Hall–Kier alpha value is -4.19. The van der Waals surface area contributed by atoms with Gasteiger partial charge in [-0.05, 0) is 54.9 Å². The van der Waals surface area contributed by atoms with E-state index in [-0.39, 0.29) is 45.7 Å². The molecule has 18 heteroatoms. The number of carbonyl (C=O) groups excluding carboxylic acids is 2. The van der Waals surface area contributed by atoms with Gasteiger partial charge in [0.1, 0.15) is 23.6 Å². The first kappa shape index (κ1) is 34.3. The Morgan fingerprint density at radius 1 is 1.12 bits per heavy atom. The molecule has 2 amide bonds. The van der Waals surface area contributed by atoms with E-state index in [2.05, 4.69) is 25.4 Å². The molecular weight excluding hydrogens is 696 g/mol. The first-order valence-corrected chi connectivity index (χ1v) is 18.5. The number of hydrogen-bond donors (Lipinski definition) is 1. The number of hydrogen-bond acceptors (Lipinski definition) is 9. The van der Waals surface area contributed by atoms with Gasteiger partial charge in [-0.3, -0.25) is 14.3 Å². The van der Waals surface area contributed by atoms with E-state index in [4.69, 9.17) is 16.3 Å². The maximum atomic E-state index is 13.6. The fourth-order valence-corrected chi connectivity index (χ4v) is 8.37. The fourth-order valence-electron chi connectivity index (χ4n) is 7.33. The molecule has 3 aliphatic rings. The molecule has 50 heavy (non-hydrogen) atoms. The highest BCUT2D eigenvalue weighted by Gasteiger charge is 2.42. The molecule has 1 aromatic carbocycles.